The molecule has 18 heavy (non-hydrogen) atoms. The van der Waals surface area contributed by atoms with Crippen molar-refractivity contribution in [2.45, 2.75) is 13.3 Å². The molecule has 0 aliphatic carbocycles. The fraction of sp³-hybridized carbons (Fsp3) is 0.333. The Morgan fingerprint density at radius 1 is 1.28 bits per heavy atom. The Labute approximate surface area is 107 Å². The van der Waals surface area contributed by atoms with Crippen molar-refractivity contribution in [3.63, 3.8) is 0 Å². The first kappa shape index (κ1) is 14.5. The van der Waals surface area contributed by atoms with Crippen LogP contribution in [0.15, 0.2) is 24.3 Å². The van der Waals surface area contributed by atoms with Crippen molar-refractivity contribution in [1.29, 1.82) is 0 Å². The Morgan fingerprint density at radius 3 is 2.50 bits per heavy atom. The number of benzene rings is 1. The maximum absolute atomic E-state index is 11.5. The summed E-state index contributed by atoms with van der Waals surface area (Å²) in [5.41, 5.74) is 1.18. The number of anilines is 1. The molecule has 0 amide bonds. The van der Waals surface area contributed by atoms with Crippen LogP contribution in [-0.2, 0) is 10.2 Å². The topological polar surface area (TPSA) is 78.4 Å². The SMILES string of the molecule is CCCNS(=O)(=O)Nc1ccc(C#CCO)cc1. The highest BCUT2D eigenvalue weighted by atomic mass is 32.2. The summed E-state index contributed by atoms with van der Waals surface area (Å²) in [4.78, 5) is 0. The summed E-state index contributed by atoms with van der Waals surface area (Å²) < 4.78 is 27.9. The highest BCUT2D eigenvalue weighted by Gasteiger charge is 2.07. The number of aliphatic hydroxyl groups is 1. The lowest BCUT2D eigenvalue weighted by molar-refractivity contribution is 0.350. The van der Waals surface area contributed by atoms with Crippen molar-refractivity contribution >= 4 is 15.9 Å². The van der Waals surface area contributed by atoms with Crippen LogP contribution in [0.4, 0.5) is 5.69 Å². The van der Waals surface area contributed by atoms with E-state index in [1.54, 1.807) is 24.3 Å². The second kappa shape index (κ2) is 7.01. The molecule has 0 unspecified atom stereocenters. The van der Waals surface area contributed by atoms with E-state index in [-0.39, 0.29) is 6.61 Å². The summed E-state index contributed by atoms with van der Waals surface area (Å²) in [6.45, 7) is 2.09. The van der Waals surface area contributed by atoms with E-state index in [2.05, 4.69) is 21.3 Å². The van der Waals surface area contributed by atoms with Crippen molar-refractivity contribution in [3.05, 3.63) is 29.8 Å². The Balaban J connectivity index is 2.69. The van der Waals surface area contributed by atoms with Crippen LogP contribution in [0.5, 0.6) is 0 Å². The molecule has 3 N–H and O–H groups in total. The summed E-state index contributed by atoms with van der Waals surface area (Å²) in [5, 5.41) is 8.54. The van der Waals surface area contributed by atoms with Gasteiger partial charge in [-0.1, -0.05) is 18.8 Å². The van der Waals surface area contributed by atoms with E-state index in [1.165, 1.54) is 0 Å². The van der Waals surface area contributed by atoms with Gasteiger partial charge in [0.15, 0.2) is 0 Å². The van der Waals surface area contributed by atoms with E-state index in [0.29, 0.717) is 17.8 Å². The smallest absolute Gasteiger partial charge is 0.299 e. The molecule has 6 heteroatoms. The zero-order valence-electron chi connectivity index (χ0n) is 10.1. The minimum Gasteiger partial charge on any atom is -0.384 e. The molecular weight excluding hydrogens is 252 g/mol. The fourth-order valence-corrected chi connectivity index (χ4v) is 2.18. The second-order valence-electron chi connectivity index (χ2n) is 3.54. The molecule has 0 aliphatic heterocycles. The minimum atomic E-state index is -3.50. The van der Waals surface area contributed by atoms with Crippen LogP contribution in [0, 0.1) is 11.8 Å². The Bertz CT molecular complexity index is 527. The molecule has 0 saturated heterocycles. The molecule has 1 aromatic rings. The molecule has 0 fully saturated rings. The monoisotopic (exact) mass is 268 g/mol. The average molecular weight is 268 g/mol. The second-order valence-corrected chi connectivity index (χ2v) is 5.04. The quantitative estimate of drug-likeness (QED) is 0.687. The van der Waals surface area contributed by atoms with Gasteiger partial charge in [-0.25, -0.2) is 0 Å². The van der Waals surface area contributed by atoms with Crippen molar-refractivity contribution in [3.8, 4) is 11.8 Å². The van der Waals surface area contributed by atoms with Gasteiger partial charge >= 0.3 is 0 Å². The van der Waals surface area contributed by atoms with E-state index in [4.69, 9.17) is 5.11 Å². The van der Waals surface area contributed by atoms with E-state index in [0.717, 1.165) is 6.42 Å². The van der Waals surface area contributed by atoms with Crippen LogP contribution in [0.25, 0.3) is 0 Å². The molecule has 0 radical (unpaired) electrons. The Morgan fingerprint density at radius 2 is 1.94 bits per heavy atom. The molecule has 0 bridgehead atoms. The molecule has 0 saturated carbocycles. The van der Waals surface area contributed by atoms with Gasteiger partial charge in [0.05, 0.1) is 0 Å². The summed E-state index contributed by atoms with van der Waals surface area (Å²) in [7, 11) is -3.50. The molecule has 0 heterocycles. The third-order valence-corrected chi connectivity index (χ3v) is 3.08. The van der Waals surface area contributed by atoms with Gasteiger partial charge in [0, 0.05) is 17.8 Å². The lowest BCUT2D eigenvalue weighted by Crippen LogP contribution is -2.30. The minimum absolute atomic E-state index is 0.199. The molecule has 0 aromatic heterocycles. The van der Waals surface area contributed by atoms with Crippen LogP contribution in [-0.4, -0.2) is 26.7 Å². The zero-order valence-corrected chi connectivity index (χ0v) is 10.9. The normalized spacial score (nSPS) is 10.6. The molecule has 1 aromatic carbocycles. The molecule has 98 valence electrons. The third-order valence-electron chi connectivity index (χ3n) is 1.99. The molecule has 1 rings (SSSR count). The first-order valence-corrected chi connectivity index (χ1v) is 7.03. The van der Waals surface area contributed by atoms with E-state index < -0.39 is 10.2 Å². The summed E-state index contributed by atoms with van der Waals surface area (Å²) in [5.74, 6) is 5.24. The van der Waals surface area contributed by atoms with Crippen molar-refractivity contribution in [1.82, 2.24) is 4.72 Å². The highest BCUT2D eigenvalue weighted by molar-refractivity contribution is 7.90. The zero-order chi connectivity index (χ0) is 13.4. The molecule has 0 spiro atoms. The van der Waals surface area contributed by atoms with Crippen LogP contribution >= 0.6 is 0 Å². The van der Waals surface area contributed by atoms with Crippen molar-refractivity contribution in [2.24, 2.45) is 0 Å². The van der Waals surface area contributed by atoms with E-state index in [9.17, 15) is 8.42 Å². The van der Waals surface area contributed by atoms with Gasteiger partial charge in [0.1, 0.15) is 6.61 Å². The summed E-state index contributed by atoms with van der Waals surface area (Å²) in [6, 6.07) is 6.60. The summed E-state index contributed by atoms with van der Waals surface area (Å²) in [6.07, 6.45) is 0.733. The first-order chi connectivity index (χ1) is 8.57. The lowest BCUT2D eigenvalue weighted by Gasteiger charge is -2.08. The molecule has 0 aliphatic rings. The number of nitrogens with one attached hydrogen (secondary N) is 2. The van der Waals surface area contributed by atoms with Gasteiger partial charge in [0.25, 0.3) is 10.2 Å². The van der Waals surface area contributed by atoms with Gasteiger partial charge in [-0.15, -0.1) is 0 Å². The van der Waals surface area contributed by atoms with Crippen LogP contribution in [0.1, 0.15) is 18.9 Å². The van der Waals surface area contributed by atoms with Gasteiger partial charge in [0.2, 0.25) is 0 Å². The Hall–Kier alpha value is -1.55. The van der Waals surface area contributed by atoms with Crippen LogP contribution in [0.2, 0.25) is 0 Å². The number of aliphatic hydroxyl groups excluding tert-OH is 1. The molecular formula is C12H16N2O3S. The third kappa shape index (κ3) is 5.19. The van der Waals surface area contributed by atoms with Crippen LogP contribution in [0.3, 0.4) is 0 Å². The van der Waals surface area contributed by atoms with Gasteiger partial charge in [-0.3, -0.25) is 4.72 Å². The number of hydrogen-bond donors (Lipinski definition) is 3. The maximum Gasteiger partial charge on any atom is 0.299 e. The highest BCUT2D eigenvalue weighted by Crippen LogP contribution is 2.09. The van der Waals surface area contributed by atoms with Gasteiger partial charge in [-0.2, -0.15) is 13.1 Å². The maximum atomic E-state index is 11.5. The fourth-order valence-electron chi connectivity index (χ4n) is 1.19. The number of rotatable bonds is 5. The van der Waals surface area contributed by atoms with Gasteiger partial charge < -0.3 is 5.11 Å². The predicted molar refractivity (Wildman–Crippen MR) is 71.2 cm³/mol. The first-order valence-electron chi connectivity index (χ1n) is 5.54. The van der Waals surface area contributed by atoms with Crippen LogP contribution < -0.4 is 9.44 Å². The standard InChI is InChI=1S/C12H16N2O3S/c1-2-9-13-18(16,17)14-12-7-5-11(6-8-12)4-3-10-15/h5-8,13-15H,2,9-10H2,1H3. The predicted octanol–water partition coefficient (Wildman–Crippen LogP) is 0.687. The Kier molecular flexibility index (Phi) is 5.65. The van der Waals surface area contributed by atoms with Crippen molar-refractivity contribution < 1.29 is 13.5 Å². The lowest BCUT2D eigenvalue weighted by atomic mass is 10.2. The summed E-state index contributed by atoms with van der Waals surface area (Å²) >= 11 is 0. The largest absolute Gasteiger partial charge is 0.384 e. The van der Waals surface area contributed by atoms with E-state index in [1.807, 2.05) is 6.92 Å². The van der Waals surface area contributed by atoms with Gasteiger partial charge in [-0.05, 0) is 30.7 Å². The molecule has 0 atom stereocenters. The number of hydrogen-bond acceptors (Lipinski definition) is 3. The van der Waals surface area contributed by atoms with Crippen molar-refractivity contribution in [2.75, 3.05) is 17.9 Å². The molecule has 5 nitrogen and oxygen atoms in total. The average Bonchev–Trinajstić information content (AvgIpc) is 2.35. The van der Waals surface area contributed by atoms with E-state index >= 15 is 0 Å².